The van der Waals surface area contributed by atoms with E-state index in [0.717, 1.165) is 17.8 Å². The summed E-state index contributed by atoms with van der Waals surface area (Å²) >= 11 is 6.10. The van der Waals surface area contributed by atoms with Crippen molar-refractivity contribution in [2.75, 3.05) is 18.5 Å². The fraction of sp³-hybridized carbons (Fsp3) is 0.294. The number of nitrogens with zero attached hydrogens (tertiary/aromatic N) is 1. The van der Waals surface area contributed by atoms with Crippen LogP contribution >= 0.6 is 11.6 Å². The SMILES string of the molecule is Cc1cccc(N(C)CCC(O)c2ccccc2Cl)c1. The summed E-state index contributed by atoms with van der Waals surface area (Å²) in [5, 5.41) is 10.9. The fourth-order valence-corrected chi connectivity index (χ4v) is 2.47. The van der Waals surface area contributed by atoms with Gasteiger partial charge in [0.1, 0.15) is 0 Å². The van der Waals surface area contributed by atoms with Gasteiger partial charge in [-0.1, -0.05) is 41.9 Å². The summed E-state index contributed by atoms with van der Waals surface area (Å²) < 4.78 is 0. The standard InChI is InChI=1S/C17H20ClNO/c1-13-6-5-7-14(12-13)19(2)11-10-17(20)15-8-3-4-9-16(15)18/h3-9,12,17,20H,10-11H2,1-2H3. The van der Waals surface area contributed by atoms with Crippen molar-refractivity contribution in [1.82, 2.24) is 0 Å². The highest BCUT2D eigenvalue weighted by Gasteiger charge is 2.12. The van der Waals surface area contributed by atoms with Crippen LogP contribution in [0.3, 0.4) is 0 Å². The molecule has 0 aliphatic carbocycles. The molecule has 2 rings (SSSR count). The van der Waals surface area contributed by atoms with Gasteiger partial charge in [-0.3, -0.25) is 0 Å². The molecule has 2 aromatic carbocycles. The second-order valence-corrected chi connectivity index (χ2v) is 5.49. The average molecular weight is 290 g/mol. The maximum absolute atomic E-state index is 10.2. The number of aliphatic hydroxyl groups excluding tert-OH is 1. The third-order valence-corrected chi connectivity index (χ3v) is 3.79. The minimum Gasteiger partial charge on any atom is -0.388 e. The van der Waals surface area contributed by atoms with Crippen LogP contribution in [0.25, 0.3) is 0 Å². The van der Waals surface area contributed by atoms with E-state index in [9.17, 15) is 5.11 Å². The van der Waals surface area contributed by atoms with Crippen LogP contribution in [0.1, 0.15) is 23.7 Å². The summed E-state index contributed by atoms with van der Waals surface area (Å²) in [4.78, 5) is 2.15. The van der Waals surface area contributed by atoms with Gasteiger partial charge < -0.3 is 10.0 Å². The van der Waals surface area contributed by atoms with Gasteiger partial charge in [0.2, 0.25) is 0 Å². The Morgan fingerprint density at radius 3 is 2.60 bits per heavy atom. The van der Waals surface area contributed by atoms with E-state index in [2.05, 4.69) is 30.0 Å². The predicted octanol–water partition coefficient (Wildman–Crippen LogP) is 4.21. The first kappa shape index (κ1) is 14.9. The van der Waals surface area contributed by atoms with E-state index in [-0.39, 0.29) is 0 Å². The Kier molecular flexibility index (Phi) is 5.05. The smallest absolute Gasteiger partial charge is 0.0821 e. The minimum absolute atomic E-state index is 0.532. The van der Waals surface area contributed by atoms with Crippen LogP contribution in [-0.2, 0) is 0 Å². The number of aliphatic hydroxyl groups is 1. The minimum atomic E-state index is -0.532. The highest BCUT2D eigenvalue weighted by molar-refractivity contribution is 6.31. The third kappa shape index (κ3) is 3.75. The predicted molar refractivity (Wildman–Crippen MR) is 85.5 cm³/mol. The van der Waals surface area contributed by atoms with E-state index in [1.807, 2.05) is 37.4 Å². The molecule has 0 aliphatic heterocycles. The van der Waals surface area contributed by atoms with Crippen molar-refractivity contribution in [3.63, 3.8) is 0 Å². The van der Waals surface area contributed by atoms with Crippen LogP contribution < -0.4 is 4.90 Å². The van der Waals surface area contributed by atoms with Gasteiger partial charge in [0.05, 0.1) is 6.10 Å². The van der Waals surface area contributed by atoms with Crippen LogP contribution in [0, 0.1) is 6.92 Å². The van der Waals surface area contributed by atoms with E-state index >= 15 is 0 Å². The van der Waals surface area contributed by atoms with Gasteiger partial charge in [-0.05, 0) is 42.7 Å². The van der Waals surface area contributed by atoms with Crippen molar-refractivity contribution in [3.8, 4) is 0 Å². The molecular weight excluding hydrogens is 270 g/mol. The van der Waals surface area contributed by atoms with Crippen LogP contribution in [0.15, 0.2) is 48.5 Å². The molecule has 2 aromatic rings. The van der Waals surface area contributed by atoms with Gasteiger partial charge in [0.25, 0.3) is 0 Å². The van der Waals surface area contributed by atoms with Crippen LogP contribution in [0.2, 0.25) is 5.02 Å². The van der Waals surface area contributed by atoms with Crippen molar-refractivity contribution in [2.24, 2.45) is 0 Å². The molecule has 0 radical (unpaired) electrons. The number of aryl methyl sites for hydroxylation is 1. The van der Waals surface area contributed by atoms with E-state index in [1.54, 1.807) is 0 Å². The summed E-state index contributed by atoms with van der Waals surface area (Å²) in [7, 11) is 2.04. The fourth-order valence-electron chi connectivity index (χ4n) is 2.21. The Morgan fingerprint density at radius 1 is 1.15 bits per heavy atom. The molecule has 1 unspecified atom stereocenters. The molecule has 0 saturated heterocycles. The Bertz CT molecular complexity index is 570. The maximum Gasteiger partial charge on any atom is 0.0821 e. The molecule has 20 heavy (non-hydrogen) atoms. The molecule has 0 heterocycles. The molecule has 0 saturated carbocycles. The Hall–Kier alpha value is -1.51. The van der Waals surface area contributed by atoms with Gasteiger partial charge in [-0.15, -0.1) is 0 Å². The molecule has 0 bridgehead atoms. The van der Waals surface area contributed by atoms with E-state index < -0.39 is 6.10 Å². The van der Waals surface area contributed by atoms with Crippen LogP contribution in [0.4, 0.5) is 5.69 Å². The molecule has 0 fully saturated rings. The monoisotopic (exact) mass is 289 g/mol. The Balaban J connectivity index is 1.97. The number of hydrogen-bond donors (Lipinski definition) is 1. The van der Waals surface area contributed by atoms with Gasteiger partial charge in [-0.2, -0.15) is 0 Å². The molecule has 0 aromatic heterocycles. The van der Waals surface area contributed by atoms with E-state index in [4.69, 9.17) is 11.6 Å². The van der Waals surface area contributed by atoms with Gasteiger partial charge >= 0.3 is 0 Å². The topological polar surface area (TPSA) is 23.5 Å². The molecular formula is C17H20ClNO. The summed E-state index contributed by atoms with van der Waals surface area (Å²) in [6.07, 6.45) is 0.115. The van der Waals surface area contributed by atoms with E-state index in [0.29, 0.717) is 11.4 Å². The molecule has 0 amide bonds. The van der Waals surface area contributed by atoms with Gasteiger partial charge in [-0.25, -0.2) is 0 Å². The lowest BCUT2D eigenvalue weighted by Crippen LogP contribution is -2.20. The van der Waals surface area contributed by atoms with Crippen molar-refractivity contribution in [1.29, 1.82) is 0 Å². The number of benzene rings is 2. The quantitative estimate of drug-likeness (QED) is 0.891. The maximum atomic E-state index is 10.2. The normalized spacial score (nSPS) is 12.2. The van der Waals surface area contributed by atoms with Crippen molar-refractivity contribution >= 4 is 17.3 Å². The van der Waals surface area contributed by atoms with E-state index in [1.165, 1.54) is 5.56 Å². The van der Waals surface area contributed by atoms with Crippen molar-refractivity contribution in [2.45, 2.75) is 19.4 Å². The first-order chi connectivity index (χ1) is 9.58. The van der Waals surface area contributed by atoms with Gasteiger partial charge in [0.15, 0.2) is 0 Å². The highest BCUT2D eigenvalue weighted by Crippen LogP contribution is 2.25. The molecule has 3 heteroatoms. The number of anilines is 1. The summed E-state index contributed by atoms with van der Waals surface area (Å²) in [6, 6.07) is 15.8. The molecule has 1 N–H and O–H groups in total. The zero-order chi connectivity index (χ0) is 14.5. The first-order valence-electron chi connectivity index (χ1n) is 6.78. The Labute approximate surface area is 125 Å². The lowest BCUT2D eigenvalue weighted by Gasteiger charge is -2.22. The summed E-state index contributed by atoms with van der Waals surface area (Å²) in [5.41, 5.74) is 3.20. The number of hydrogen-bond acceptors (Lipinski definition) is 2. The molecule has 106 valence electrons. The zero-order valence-electron chi connectivity index (χ0n) is 11.9. The lowest BCUT2D eigenvalue weighted by molar-refractivity contribution is 0.170. The average Bonchev–Trinajstić information content (AvgIpc) is 2.45. The van der Waals surface area contributed by atoms with Crippen LogP contribution in [-0.4, -0.2) is 18.7 Å². The van der Waals surface area contributed by atoms with Crippen molar-refractivity contribution < 1.29 is 5.11 Å². The lowest BCUT2D eigenvalue weighted by atomic mass is 10.1. The molecule has 2 nitrogen and oxygen atoms in total. The molecule has 1 atom stereocenters. The van der Waals surface area contributed by atoms with Crippen LogP contribution in [0.5, 0.6) is 0 Å². The summed E-state index contributed by atoms with van der Waals surface area (Å²) in [6.45, 7) is 2.85. The first-order valence-corrected chi connectivity index (χ1v) is 7.16. The third-order valence-electron chi connectivity index (χ3n) is 3.44. The Morgan fingerprint density at radius 2 is 1.90 bits per heavy atom. The van der Waals surface area contributed by atoms with Gasteiger partial charge in [0, 0.05) is 24.3 Å². The highest BCUT2D eigenvalue weighted by atomic mass is 35.5. The summed E-state index contributed by atoms with van der Waals surface area (Å²) in [5.74, 6) is 0. The second-order valence-electron chi connectivity index (χ2n) is 5.09. The number of rotatable bonds is 5. The second kappa shape index (κ2) is 6.78. The molecule has 0 aliphatic rings. The zero-order valence-corrected chi connectivity index (χ0v) is 12.6. The largest absolute Gasteiger partial charge is 0.388 e. The van der Waals surface area contributed by atoms with Crippen molar-refractivity contribution in [3.05, 3.63) is 64.7 Å². The molecule has 0 spiro atoms. The number of halogens is 1.